The fraction of sp³-hybridized carbons (Fsp3) is 0.360. The van der Waals surface area contributed by atoms with E-state index in [0.29, 0.717) is 24.8 Å². The Morgan fingerprint density at radius 2 is 1.61 bits per heavy atom. The van der Waals surface area contributed by atoms with E-state index in [1.165, 1.54) is 5.57 Å². The number of benzene rings is 2. The largest absolute Gasteiger partial charge is 0.497 e. The lowest BCUT2D eigenvalue weighted by atomic mass is 9.87. The smallest absolute Gasteiger partial charge is 0.335 e. The minimum atomic E-state index is -0.957. The molecule has 1 saturated carbocycles. The predicted octanol–water partition coefficient (Wildman–Crippen LogP) is 3.99. The Balaban J connectivity index is 1.52. The van der Waals surface area contributed by atoms with Gasteiger partial charge in [-0.1, -0.05) is 17.7 Å². The number of methoxy groups -OCH3 is 2. The van der Waals surface area contributed by atoms with Crippen molar-refractivity contribution in [1.82, 2.24) is 5.32 Å². The molecular weight excluding hydrogens is 394 g/mol. The van der Waals surface area contributed by atoms with E-state index in [1.807, 2.05) is 18.2 Å². The second kappa shape index (κ2) is 8.84. The topological polar surface area (TPSA) is 84.9 Å². The van der Waals surface area contributed by atoms with Crippen molar-refractivity contribution in [2.75, 3.05) is 14.2 Å². The first kappa shape index (κ1) is 21.0. The number of carboxylic acids is 1. The number of fused-ring (bicyclic) bond motifs is 2. The number of aromatic carboxylic acids is 1. The Kier molecular flexibility index (Phi) is 5.98. The summed E-state index contributed by atoms with van der Waals surface area (Å²) < 4.78 is 10.8. The molecule has 0 saturated heterocycles. The van der Waals surface area contributed by atoms with Crippen molar-refractivity contribution < 1.29 is 24.2 Å². The number of carbonyl (C=O) groups excluding carboxylic acids is 1. The number of carboxylic acid groups (broad SMARTS) is 1. The lowest BCUT2D eigenvalue weighted by Crippen LogP contribution is -2.28. The van der Waals surface area contributed by atoms with E-state index in [-0.39, 0.29) is 11.5 Å². The number of rotatable bonds is 8. The average molecular weight is 421 g/mol. The van der Waals surface area contributed by atoms with Crippen molar-refractivity contribution in [3.05, 3.63) is 70.3 Å². The Labute approximate surface area is 181 Å². The van der Waals surface area contributed by atoms with Crippen molar-refractivity contribution in [1.29, 1.82) is 0 Å². The summed E-state index contributed by atoms with van der Waals surface area (Å²) >= 11 is 0. The van der Waals surface area contributed by atoms with Crippen LogP contribution in [0, 0.1) is 11.8 Å². The number of hydrogen-bond donors (Lipinski definition) is 2. The summed E-state index contributed by atoms with van der Waals surface area (Å²) in [5.41, 5.74) is 4.35. The maximum absolute atomic E-state index is 13.1. The zero-order chi connectivity index (χ0) is 22.0. The molecule has 2 aromatic carbocycles. The second-order valence-electron chi connectivity index (χ2n) is 8.23. The van der Waals surface area contributed by atoms with E-state index >= 15 is 0 Å². The van der Waals surface area contributed by atoms with Gasteiger partial charge in [0.05, 0.1) is 19.8 Å². The Bertz CT molecular complexity index is 1000. The van der Waals surface area contributed by atoms with Gasteiger partial charge in [-0.2, -0.15) is 0 Å². The molecule has 6 nitrogen and oxygen atoms in total. The standard InChI is InChI=1S/C25H27NO5/c1-30-20-9-16(10-21(13-20)31-2)11-22-18-7-8-19(12-18)23(22)24(27)26-14-15-3-5-17(6-4-15)25(28)29/h3-6,9-10,13,18-19H,7-8,11-12,14H2,1-2H3,(H,26,27)(H,28,29). The molecular formula is C25H27NO5. The first-order chi connectivity index (χ1) is 15.0. The third kappa shape index (κ3) is 4.43. The van der Waals surface area contributed by atoms with Crippen LogP contribution >= 0.6 is 0 Å². The Hall–Kier alpha value is -3.28. The molecule has 6 heteroatoms. The molecule has 0 heterocycles. The van der Waals surface area contributed by atoms with Crippen LogP contribution in [0.3, 0.4) is 0 Å². The highest BCUT2D eigenvalue weighted by Crippen LogP contribution is 2.49. The van der Waals surface area contributed by atoms with Gasteiger partial charge in [0.2, 0.25) is 5.91 Å². The predicted molar refractivity (Wildman–Crippen MR) is 116 cm³/mol. The summed E-state index contributed by atoms with van der Waals surface area (Å²) in [7, 11) is 3.27. The van der Waals surface area contributed by atoms with E-state index in [2.05, 4.69) is 5.32 Å². The fourth-order valence-corrected chi connectivity index (χ4v) is 4.84. The van der Waals surface area contributed by atoms with Gasteiger partial charge in [-0.3, -0.25) is 4.79 Å². The van der Waals surface area contributed by atoms with Crippen LogP contribution in [0.25, 0.3) is 0 Å². The van der Waals surface area contributed by atoms with Crippen LogP contribution in [0.1, 0.15) is 40.7 Å². The van der Waals surface area contributed by atoms with E-state index in [9.17, 15) is 9.59 Å². The van der Waals surface area contributed by atoms with Gasteiger partial charge >= 0.3 is 5.97 Å². The minimum Gasteiger partial charge on any atom is -0.497 e. The number of ether oxygens (including phenoxy) is 2. The van der Waals surface area contributed by atoms with Crippen LogP contribution in [-0.4, -0.2) is 31.2 Å². The normalized spacial score (nSPS) is 19.4. The molecule has 0 aromatic heterocycles. The molecule has 2 aromatic rings. The summed E-state index contributed by atoms with van der Waals surface area (Å²) in [6, 6.07) is 12.4. The first-order valence-corrected chi connectivity index (χ1v) is 10.5. The maximum atomic E-state index is 13.1. The lowest BCUT2D eigenvalue weighted by molar-refractivity contribution is -0.118. The molecule has 2 aliphatic carbocycles. The molecule has 4 rings (SSSR count). The number of amides is 1. The maximum Gasteiger partial charge on any atom is 0.335 e. The third-order valence-corrected chi connectivity index (χ3v) is 6.38. The van der Waals surface area contributed by atoms with Gasteiger partial charge in [-0.15, -0.1) is 0 Å². The number of carbonyl (C=O) groups is 2. The molecule has 1 fully saturated rings. The van der Waals surface area contributed by atoms with Gasteiger partial charge in [0.1, 0.15) is 11.5 Å². The van der Waals surface area contributed by atoms with Crippen LogP contribution in [0.4, 0.5) is 0 Å². The highest BCUT2D eigenvalue weighted by molar-refractivity contribution is 5.95. The number of nitrogens with one attached hydrogen (secondary N) is 1. The Morgan fingerprint density at radius 1 is 0.968 bits per heavy atom. The quantitative estimate of drug-likeness (QED) is 0.673. The molecule has 0 aliphatic heterocycles. The van der Waals surface area contributed by atoms with Gasteiger partial charge in [0, 0.05) is 18.2 Å². The van der Waals surface area contributed by atoms with Crippen molar-refractivity contribution in [2.24, 2.45) is 11.8 Å². The summed E-state index contributed by atoms with van der Waals surface area (Å²) in [4.78, 5) is 24.1. The van der Waals surface area contributed by atoms with Crippen LogP contribution < -0.4 is 14.8 Å². The summed E-state index contributed by atoms with van der Waals surface area (Å²) in [5.74, 6) is 1.29. The number of hydrogen-bond acceptors (Lipinski definition) is 4. The molecule has 2 atom stereocenters. The molecule has 2 bridgehead atoms. The van der Waals surface area contributed by atoms with Gasteiger partial charge in [0.15, 0.2) is 0 Å². The van der Waals surface area contributed by atoms with Gasteiger partial charge in [0.25, 0.3) is 0 Å². The molecule has 31 heavy (non-hydrogen) atoms. The van der Waals surface area contributed by atoms with E-state index in [1.54, 1.807) is 38.5 Å². The summed E-state index contributed by atoms with van der Waals surface area (Å²) in [6.45, 7) is 0.375. The second-order valence-corrected chi connectivity index (χ2v) is 8.23. The fourth-order valence-electron chi connectivity index (χ4n) is 4.84. The molecule has 0 spiro atoms. The van der Waals surface area contributed by atoms with Crippen molar-refractivity contribution in [3.63, 3.8) is 0 Å². The van der Waals surface area contributed by atoms with Crippen LogP contribution in [0.2, 0.25) is 0 Å². The van der Waals surface area contributed by atoms with Crippen LogP contribution in [0.15, 0.2) is 53.6 Å². The van der Waals surface area contributed by atoms with Crippen molar-refractivity contribution >= 4 is 11.9 Å². The van der Waals surface area contributed by atoms with E-state index < -0.39 is 5.97 Å². The molecule has 2 N–H and O–H groups in total. The zero-order valence-electron chi connectivity index (χ0n) is 17.8. The zero-order valence-corrected chi connectivity index (χ0v) is 17.8. The molecule has 2 aliphatic rings. The first-order valence-electron chi connectivity index (χ1n) is 10.5. The van der Waals surface area contributed by atoms with E-state index in [4.69, 9.17) is 14.6 Å². The molecule has 0 radical (unpaired) electrons. The third-order valence-electron chi connectivity index (χ3n) is 6.38. The molecule has 162 valence electrons. The van der Waals surface area contributed by atoms with Gasteiger partial charge in [-0.05, 0) is 72.9 Å². The Morgan fingerprint density at radius 3 is 2.23 bits per heavy atom. The lowest BCUT2D eigenvalue weighted by Gasteiger charge is -2.20. The van der Waals surface area contributed by atoms with Crippen molar-refractivity contribution in [3.8, 4) is 11.5 Å². The van der Waals surface area contributed by atoms with Crippen LogP contribution in [-0.2, 0) is 17.8 Å². The van der Waals surface area contributed by atoms with Gasteiger partial charge < -0.3 is 19.9 Å². The monoisotopic (exact) mass is 421 g/mol. The highest BCUT2D eigenvalue weighted by atomic mass is 16.5. The SMILES string of the molecule is COc1cc(CC2=C(C(=O)NCc3ccc(C(=O)O)cc3)C3CCC2C3)cc(OC)c1. The highest BCUT2D eigenvalue weighted by Gasteiger charge is 2.41. The van der Waals surface area contributed by atoms with E-state index in [0.717, 1.165) is 47.5 Å². The summed E-state index contributed by atoms with van der Waals surface area (Å²) in [5, 5.41) is 12.1. The number of allylic oxidation sites excluding steroid dienone is 1. The van der Waals surface area contributed by atoms with Crippen LogP contribution in [0.5, 0.6) is 11.5 Å². The van der Waals surface area contributed by atoms with Crippen molar-refractivity contribution in [2.45, 2.75) is 32.2 Å². The average Bonchev–Trinajstić information content (AvgIpc) is 3.39. The van der Waals surface area contributed by atoms with Gasteiger partial charge in [-0.25, -0.2) is 4.79 Å². The molecule has 2 unspecified atom stereocenters. The molecule has 1 amide bonds. The summed E-state index contributed by atoms with van der Waals surface area (Å²) in [6.07, 6.45) is 3.96. The minimum absolute atomic E-state index is 0.0145.